The summed E-state index contributed by atoms with van der Waals surface area (Å²) < 4.78 is 33.5. The molecule has 9 aliphatic rings. The molecule has 3 aromatic rings. The standard InChI is InChI=1S/3C28H33N3O6S3/c3*1-5-36-26(34)21-22(27(35)37-6-2)40-28(39-21)20(25(38)29-13-9-10-14-29)30(17(3)4)15-16-31-23(32)18-11-7-8-12-19(18)24(31)33/h3*7-8,11-12,17H,5-6,9-10,13-16H2,1-4H3. The van der Waals surface area contributed by atoms with E-state index in [4.69, 9.17) is 65.1 Å². The van der Waals surface area contributed by atoms with Crippen LogP contribution in [0.2, 0.25) is 0 Å². The van der Waals surface area contributed by atoms with Crippen molar-refractivity contribution < 1.29 is 86.0 Å². The van der Waals surface area contributed by atoms with Gasteiger partial charge in [-0.05, 0) is 158 Å². The van der Waals surface area contributed by atoms with Crippen molar-refractivity contribution in [1.29, 1.82) is 0 Å². The average molecular weight is 1810 g/mol. The largest absolute Gasteiger partial charge is 0.462 e. The van der Waals surface area contributed by atoms with E-state index in [0.717, 1.165) is 148 Å². The number of amides is 6. The van der Waals surface area contributed by atoms with Gasteiger partial charge in [0.1, 0.15) is 44.4 Å². The van der Waals surface area contributed by atoms with Crippen molar-refractivity contribution in [2.24, 2.45) is 0 Å². The van der Waals surface area contributed by atoms with Gasteiger partial charge in [-0.3, -0.25) is 43.5 Å². The van der Waals surface area contributed by atoms with Crippen LogP contribution in [0.25, 0.3) is 0 Å². The minimum atomic E-state index is -0.591. The fourth-order valence-corrected chi connectivity index (χ4v) is 23.4. The van der Waals surface area contributed by atoms with Gasteiger partial charge in [0.25, 0.3) is 35.4 Å². The number of benzene rings is 3. The Balaban J connectivity index is 0.000000189. The fraction of sp³-hybridized carbons (Fsp3) is 0.464. The highest BCUT2D eigenvalue weighted by atomic mass is 32.2. The first-order valence-electron chi connectivity index (χ1n) is 40.2. The third-order valence-corrected chi connectivity index (χ3v) is 28.9. The van der Waals surface area contributed by atoms with E-state index in [1.165, 1.54) is 14.7 Å². The van der Waals surface area contributed by atoms with Gasteiger partial charge in [-0.1, -0.05) is 144 Å². The Morgan fingerprint density at radius 2 is 0.483 bits per heavy atom. The van der Waals surface area contributed by atoms with Gasteiger partial charge < -0.3 is 57.8 Å². The Morgan fingerprint density at radius 1 is 0.317 bits per heavy atom. The molecule has 0 aliphatic carbocycles. The molecule has 0 saturated carbocycles. The molecule has 0 unspecified atom stereocenters. The predicted octanol–water partition coefficient (Wildman–Crippen LogP) is 13.2. The summed E-state index contributed by atoms with van der Waals surface area (Å²) >= 11 is 25.0. The molecular formula is C84H99N9O18S9. The van der Waals surface area contributed by atoms with Crippen LogP contribution >= 0.6 is 107 Å². The number of hydrogen-bond donors (Lipinski definition) is 0. The summed E-state index contributed by atoms with van der Waals surface area (Å²) in [6.07, 6.45) is 6.08. The topological polar surface area (TPSA) is 289 Å². The van der Waals surface area contributed by atoms with Crippen molar-refractivity contribution in [2.75, 3.05) is 118 Å². The van der Waals surface area contributed by atoms with Crippen molar-refractivity contribution in [1.82, 2.24) is 44.1 Å². The van der Waals surface area contributed by atoms with Gasteiger partial charge in [0, 0.05) is 96.7 Å². The summed E-state index contributed by atoms with van der Waals surface area (Å²) in [6, 6.07) is 20.2. The molecule has 0 bridgehead atoms. The predicted molar refractivity (Wildman–Crippen MR) is 479 cm³/mol. The minimum Gasteiger partial charge on any atom is -0.462 e. The first kappa shape index (κ1) is 93.8. The van der Waals surface area contributed by atoms with Crippen LogP contribution in [-0.2, 0) is 57.2 Å². The molecule has 0 aromatic heterocycles. The summed E-state index contributed by atoms with van der Waals surface area (Å²) in [6.45, 7) is 29.5. The number of thiocarbonyl (C=S) groups is 3. The number of fused-ring (bicyclic) bond motifs is 3. The molecule has 3 saturated heterocycles. The normalized spacial score (nSPS) is 16.7. The first-order valence-corrected chi connectivity index (χ1v) is 46.3. The number of thioether (sulfide) groups is 6. The zero-order valence-corrected chi connectivity index (χ0v) is 76.5. The molecule has 12 rings (SSSR count). The zero-order valence-electron chi connectivity index (χ0n) is 69.2. The molecule has 27 nitrogen and oxygen atoms in total. The average Bonchev–Trinajstić information content (AvgIpc) is 1.62. The highest BCUT2D eigenvalue weighted by Gasteiger charge is 2.45. The van der Waals surface area contributed by atoms with Gasteiger partial charge >= 0.3 is 35.8 Å². The summed E-state index contributed by atoms with van der Waals surface area (Å²) in [4.78, 5) is 175. The molecule has 0 N–H and O–H groups in total. The maximum Gasteiger partial charge on any atom is 0.346 e. The number of hydrogen-bond acceptors (Lipinski definition) is 30. The molecule has 0 spiro atoms. The third-order valence-electron chi connectivity index (χ3n) is 20.0. The molecule has 642 valence electrons. The van der Waals surface area contributed by atoms with Crippen LogP contribution in [-0.4, -0.2) is 267 Å². The third kappa shape index (κ3) is 21.2. The van der Waals surface area contributed by atoms with Crippen LogP contribution in [0.4, 0.5) is 0 Å². The summed E-state index contributed by atoms with van der Waals surface area (Å²) in [7, 11) is 0. The number of ether oxygens (including phenoxy) is 6. The maximum atomic E-state index is 13.0. The van der Waals surface area contributed by atoms with E-state index in [9.17, 15) is 57.5 Å². The number of likely N-dealkylation sites (tertiary alicyclic amines) is 3. The molecular weight excluding hydrogens is 1710 g/mol. The second-order valence-electron chi connectivity index (χ2n) is 28.6. The monoisotopic (exact) mass is 1810 g/mol. The molecule has 0 atom stereocenters. The van der Waals surface area contributed by atoms with Crippen molar-refractivity contribution >= 4 is 193 Å². The van der Waals surface area contributed by atoms with Crippen LogP contribution in [0.15, 0.2) is 132 Å². The zero-order chi connectivity index (χ0) is 86.9. The second-order valence-corrected chi connectivity index (χ2v) is 36.7. The number of rotatable bonds is 30. The van der Waals surface area contributed by atoms with E-state index in [0.29, 0.717) is 97.8 Å². The van der Waals surface area contributed by atoms with E-state index < -0.39 is 35.8 Å². The Kier molecular flexibility index (Phi) is 34.0. The smallest absolute Gasteiger partial charge is 0.346 e. The van der Waals surface area contributed by atoms with Crippen molar-refractivity contribution in [3.63, 3.8) is 0 Å². The Hall–Kier alpha value is -8.49. The molecule has 9 aliphatic heterocycles. The molecule has 9 heterocycles. The molecule has 0 radical (unpaired) electrons. The van der Waals surface area contributed by atoms with Crippen LogP contribution in [0, 0.1) is 0 Å². The Labute approximate surface area is 741 Å². The van der Waals surface area contributed by atoms with Crippen LogP contribution < -0.4 is 0 Å². The van der Waals surface area contributed by atoms with Crippen LogP contribution in [0.1, 0.15) is 184 Å². The molecule has 6 amide bonds. The number of nitrogens with zero attached hydrogens (tertiary/aromatic N) is 9. The maximum absolute atomic E-state index is 13.0. The van der Waals surface area contributed by atoms with E-state index in [-0.39, 0.29) is 142 Å². The number of carbonyl (C=O) groups excluding carboxylic acids is 12. The van der Waals surface area contributed by atoms with Gasteiger partial charge in [0.05, 0.1) is 103 Å². The number of imide groups is 3. The SMILES string of the molecule is CCOC(=O)C1=C(C(=O)OCC)SC(=C(C(=S)N2CCCC2)N(CCN2C(=O)c3ccccc3C2=O)C(C)C)S1.CCOC(=O)C1=C(C(=O)OCC)SC(=C(C(=S)N2CCCC2)N(CCN2C(=O)c3ccccc3C2=O)C(C)C)S1.CCOC(=O)C1=C(C(=O)OCC)SC(=C(C(=S)N2CCCC2)N(CCN2C(=O)c3ccccc3C2=O)C(C)C)S1. The van der Waals surface area contributed by atoms with Crippen LogP contribution in [0.5, 0.6) is 0 Å². The Morgan fingerprint density at radius 3 is 0.633 bits per heavy atom. The van der Waals surface area contributed by atoms with Crippen LogP contribution in [0.3, 0.4) is 0 Å². The van der Waals surface area contributed by atoms with Gasteiger partial charge in [0.15, 0.2) is 0 Å². The lowest BCUT2D eigenvalue weighted by molar-refractivity contribution is -0.140. The highest BCUT2D eigenvalue weighted by molar-refractivity contribution is 8.30. The summed E-state index contributed by atoms with van der Waals surface area (Å²) in [5.74, 6) is -5.46. The Bertz CT molecular complexity index is 4120. The summed E-state index contributed by atoms with van der Waals surface area (Å²) in [5, 5.41) is 0. The van der Waals surface area contributed by atoms with Gasteiger partial charge in [-0.2, -0.15) is 0 Å². The lowest BCUT2D eigenvalue weighted by Crippen LogP contribution is -2.44. The molecule has 3 aromatic carbocycles. The van der Waals surface area contributed by atoms with Crippen molar-refractivity contribution in [3.05, 3.63) is 165 Å². The molecule has 36 heteroatoms. The number of esters is 6. The van der Waals surface area contributed by atoms with Gasteiger partial charge in [-0.15, -0.1) is 0 Å². The number of carbonyl (C=O) groups is 12. The molecule has 3 fully saturated rings. The first-order chi connectivity index (χ1) is 57.6. The lowest BCUT2D eigenvalue weighted by Gasteiger charge is -2.36. The van der Waals surface area contributed by atoms with E-state index in [1.54, 1.807) is 114 Å². The van der Waals surface area contributed by atoms with E-state index >= 15 is 0 Å². The van der Waals surface area contributed by atoms with Crippen molar-refractivity contribution in [2.45, 2.75) is 140 Å². The second kappa shape index (κ2) is 43.5. The molecule has 120 heavy (non-hydrogen) atoms. The quantitative estimate of drug-likeness (QED) is 0.0197. The van der Waals surface area contributed by atoms with E-state index in [1.807, 2.05) is 41.5 Å². The van der Waals surface area contributed by atoms with Crippen molar-refractivity contribution in [3.8, 4) is 0 Å². The minimum absolute atomic E-state index is 0.0721. The van der Waals surface area contributed by atoms with Gasteiger partial charge in [0.2, 0.25) is 0 Å². The van der Waals surface area contributed by atoms with E-state index in [2.05, 4.69) is 29.4 Å². The highest BCUT2D eigenvalue weighted by Crippen LogP contribution is 2.55. The fourth-order valence-electron chi connectivity index (χ4n) is 14.2. The lowest BCUT2D eigenvalue weighted by atomic mass is 10.1. The summed E-state index contributed by atoms with van der Waals surface area (Å²) in [5.41, 5.74) is 4.49. The van der Waals surface area contributed by atoms with Gasteiger partial charge in [-0.25, -0.2) is 28.8 Å².